The number of carbonyl (C=O) groups is 2. The molecule has 2 bridgehead atoms. The zero-order valence-electron chi connectivity index (χ0n) is 32.5. The summed E-state index contributed by atoms with van der Waals surface area (Å²) in [5.74, 6) is -1.08. The van der Waals surface area contributed by atoms with Crippen LogP contribution in [0.2, 0.25) is 0 Å². The molecule has 300 valence electrons. The van der Waals surface area contributed by atoms with Gasteiger partial charge in [0.1, 0.15) is 12.8 Å². The summed E-state index contributed by atoms with van der Waals surface area (Å²) in [6.07, 6.45) is -2.03. The molecule has 2 aromatic carbocycles. The third-order valence-corrected chi connectivity index (χ3v) is 14.8. The van der Waals surface area contributed by atoms with Gasteiger partial charge < -0.3 is 10.1 Å². The zero-order valence-corrected chi connectivity index (χ0v) is 35.4. The third kappa shape index (κ3) is 10.4. The van der Waals surface area contributed by atoms with Crippen LogP contribution in [0.4, 0.5) is 13.2 Å². The summed E-state index contributed by atoms with van der Waals surface area (Å²) in [5, 5.41) is 3.26. The monoisotopic (exact) mass is 888 g/mol. The molecule has 1 amide bonds. The predicted molar refractivity (Wildman–Crippen MR) is 211 cm³/mol. The smallest absolute Gasteiger partial charge is 0.443 e. The van der Waals surface area contributed by atoms with E-state index in [9.17, 15) is 31.2 Å². The van der Waals surface area contributed by atoms with Gasteiger partial charge in [-0.3, -0.25) is 14.6 Å². The molecular formula is C40H56F3IN4O5S. The number of halogens is 4. The summed E-state index contributed by atoms with van der Waals surface area (Å²) < 4.78 is 72.5. The molecule has 4 aliphatic rings. The number of alkyl halides is 3. The van der Waals surface area contributed by atoms with E-state index in [-0.39, 0.29) is 47.5 Å². The van der Waals surface area contributed by atoms with Crippen LogP contribution in [0.25, 0.3) is 0 Å². The van der Waals surface area contributed by atoms with Gasteiger partial charge in [-0.05, 0) is 107 Å². The van der Waals surface area contributed by atoms with Crippen molar-refractivity contribution in [3.63, 3.8) is 0 Å². The lowest BCUT2D eigenvalue weighted by molar-refractivity contribution is -0.203. The number of hydrogen-bond donors (Lipinski definition) is 1. The highest BCUT2D eigenvalue weighted by atomic mass is 127. The molecule has 3 saturated carbocycles. The van der Waals surface area contributed by atoms with Gasteiger partial charge in [-0.1, -0.05) is 84.0 Å². The second kappa shape index (κ2) is 16.7. The summed E-state index contributed by atoms with van der Waals surface area (Å²) in [4.78, 5) is 29.1. The number of ether oxygens (including phenoxy) is 1. The van der Waals surface area contributed by atoms with Gasteiger partial charge in [0.2, 0.25) is 15.9 Å². The Morgan fingerprint density at radius 3 is 2.37 bits per heavy atom. The van der Waals surface area contributed by atoms with E-state index in [0.29, 0.717) is 43.8 Å². The quantitative estimate of drug-likeness (QED) is 0.122. The van der Waals surface area contributed by atoms with Crippen molar-refractivity contribution >= 4 is 44.5 Å². The summed E-state index contributed by atoms with van der Waals surface area (Å²) in [5.41, 5.74) is 2.91. The fourth-order valence-electron chi connectivity index (χ4n) is 8.88. The lowest BCUT2D eigenvalue weighted by atomic mass is 9.45. The van der Waals surface area contributed by atoms with Gasteiger partial charge in [0, 0.05) is 41.8 Å². The van der Waals surface area contributed by atoms with Crippen LogP contribution >= 0.6 is 22.6 Å². The maximum atomic E-state index is 13.7. The average Bonchev–Trinajstić information content (AvgIpc) is 3.36. The molecule has 4 fully saturated rings. The largest absolute Gasteiger partial charge is 0.490 e. The molecule has 1 unspecified atom stereocenters. The predicted octanol–water partition coefficient (Wildman–Crippen LogP) is 7.18. The van der Waals surface area contributed by atoms with Crippen LogP contribution < -0.4 is 5.32 Å². The molecule has 1 heterocycles. The minimum Gasteiger partial charge on any atom is -0.443 e. The second-order valence-electron chi connectivity index (χ2n) is 17.6. The van der Waals surface area contributed by atoms with E-state index in [0.717, 1.165) is 26.7 Å². The fourth-order valence-corrected chi connectivity index (χ4v) is 11.1. The minimum absolute atomic E-state index is 0.0400. The molecule has 1 N–H and O–H groups in total. The molecule has 2 aromatic rings. The topological polar surface area (TPSA) is 99.3 Å². The second-order valence-corrected chi connectivity index (χ2v) is 20.8. The van der Waals surface area contributed by atoms with E-state index < -0.39 is 34.9 Å². The van der Waals surface area contributed by atoms with Crippen molar-refractivity contribution < 1.29 is 35.9 Å². The van der Waals surface area contributed by atoms with E-state index >= 15 is 0 Å². The zero-order chi connectivity index (χ0) is 39.8. The number of likely N-dealkylation sites (N-methyl/N-ethyl adjacent to an activating group) is 1. The fraction of sp³-hybridized carbons (Fsp3) is 0.650. The number of esters is 1. The first-order chi connectivity index (χ1) is 25.0. The molecule has 1 saturated heterocycles. The van der Waals surface area contributed by atoms with Gasteiger partial charge in [-0.15, -0.1) is 0 Å². The highest BCUT2D eigenvalue weighted by Gasteiger charge is 2.57. The normalized spacial score (nSPS) is 25.7. The molecule has 1 aliphatic heterocycles. The van der Waals surface area contributed by atoms with Crippen LogP contribution in [-0.4, -0.2) is 84.8 Å². The van der Waals surface area contributed by atoms with Gasteiger partial charge in [0.05, 0.1) is 5.75 Å². The minimum atomic E-state index is -5.07. The van der Waals surface area contributed by atoms with Crippen LogP contribution in [0.5, 0.6) is 0 Å². The summed E-state index contributed by atoms with van der Waals surface area (Å²) >= 11 is 2.30. The maximum absolute atomic E-state index is 13.7. The molecule has 6 atom stereocenters. The number of hydrogen-bond acceptors (Lipinski definition) is 7. The molecule has 0 spiro atoms. The highest BCUT2D eigenvalue weighted by molar-refractivity contribution is 14.1. The number of carbonyl (C=O) groups excluding carboxylic acids is 2. The molecule has 6 rings (SSSR count). The van der Waals surface area contributed by atoms with Gasteiger partial charge >= 0.3 is 12.1 Å². The molecule has 54 heavy (non-hydrogen) atoms. The summed E-state index contributed by atoms with van der Waals surface area (Å²) in [6, 6.07) is 14.9. The Labute approximate surface area is 332 Å². The van der Waals surface area contributed by atoms with E-state index in [1.165, 1.54) is 10.7 Å². The van der Waals surface area contributed by atoms with Crippen molar-refractivity contribution in [2.45, 2.75) is 111 Å². The first-order valence-corrected chi connectivity index (χ1v) is 21.5. The first kappa shape index (κ1) is 42.9. The van der Waals surface area contributed by atoms with Crippen LogP contribution in [0.1, 0.15) is 83.9 Å². The van der Waals surface area contributed by atoms with Crippen molar-refractivity contribution in [1.29, 1.82) is 0 Å². The number of amides is 1. The van der Waals surface area contributed by atoms with Gasteiger partial charge in [0.15, 0.2) is 0 Å². The average molecular weight is 889 g/mol. The number of nitrogens with zero attached hydrogens (tertiary/aromatic N) is 3. The Morgan fingerprint density at radius 2 is 1.74 bits per heavy atom. The van der Waals surface area contributed by atoms with E-state index in [1.807, 2.05) is 42.5 Å². The Balaban J connectivity index is 1.35. The number of fused-ring (bicyclic) bond motifs is 2. The van der Waals surface area contributed by atoms with Gasteiger partial charge in [0.25, 0.3) is 0 Å². The first-order valence-electron chi connectivity index (χ1n) is 18.8. The lowest BCUT2D eigenvalue weighted by Gasteiger charge is -2.62. The maximum Gasteiger partial charge on any atom is 0.490 e. The van der Waals surface area contributed by atoms with Gasteiger partial charge in [-0.2, -0.15) is 17.5 Å². The van der Waals surface area contributed by atoms with Crippen LogP contribution in [0, 0.1) is 32.2 Å². The van der Waals surface area contributed by atoms with E-state index in [4.69, 9.17) is 0 Å². The molecular weight excluding hydrogens is 832 g/mol. The Hall–Kier alpha value is -2.27. The standard InChI is InChI=1S/C40H56F3IN4O5S/c1-26-32-18-30(39(32,5)6)19-34(26)45-36(49)35-15-16-54(51,52)48(35)22-28-12-10-11-27(17-28)21-47(23-29-13-8-9-14-33(29)44)31(20-38(2,3)4)24-46(7)25-53-37(50)40(41,42)43/h8-14,17,26,30-32,34-35H,15-16,18-25H2,1-7H3,(H,45,49)/t26-,30+,31-,32-,34-,35?/m0/s1. The van der Waals surface area contributed by atoms with Crippen LogP contribution in [0.3, 0.4) is 0 Å². The van der Waals surface area contributed by atoms with Crippen molar-refractivity contribution in [3.05, 3.63) is 68.8 Å². The SMILES string of the molecule is C[C@@H]1[C@@H](NC(=O)C2CCS(=O)(=O)N2Cc2cccc(CN(Cc3ccccc3I)[C@H](CN(C)COC(=O)C(F)(F)F)CC(C)(C)C)c2)C[C@H]2C[C@@H]1C2(C)C. The number of rotatable bonds is 14. The molecule has 0 aromatic heterocycles. The third-order valence-electron chi connectivity index (χ3n) is 11.9. The van der Waals surface area contributed by atoms with Crippen molar-refractivity contribution in [2.75, 3.05) is 26.1 Å². The molecule has 3 aliphatic carbocycles. The van der Waals surface area contributed by atoms with Crippen molar-refractivity contribution in [1.82, 2.24) is 19.4 Å². The summed E-state index contributed by atoms with van der Waals surface area (Å²) in [7, 11) is -2.02. The molecule has 9 nitrogen and oxygen atoms in total. The van der Waals surface area contributed by atoms with Crippen molar-refractivity contribution in [2.24, 2.45) is 28.6 Å². The number of nitrogens with one attached hydrogen (secondary N) is 1. The lowest BCUT2D eigenvalue weighted by Crippen LogP contribution is -2.61. The molecule has 14 heteroatoms. The highest BCUT2D eigenvalue weighted by Crippen LogP contribution is 2.61. The Morgan fingerprint density at radius 1 is 1.06 bits per heavy atom. The molecule has 0 radical (unpaired) electrons. The number of sulfonamides is 1. The summed E-state index contributed by atoms with van der Waals surface area (Å²) in [6.45, 7) is 14.0. The Bertz CT molecular complexity index is 1770. The van der Waals surface area contributed by atoms with Crippen LogP contribution in [-0.2, 0) is 44.0 Å². The van der Waals surface area contributed by atoms with Crippen LogP contribution in [0.15, 0.2) is 48.5 Å². The number of benzene rings is 2. The van der Waals surface area contributed by atoms with E-state index in [1.54, 1.807) is 11.9 Å². The van der Waals surface area contributed by atoms with Crippen molar-refractivity contribution in [3.8, 4) is 0 Å². The Kier molecular flexibility index (Phi) is 13.2. The van der Waals surface area contributed by atoms with E-state index in [2.05, 4.69) is 85.2 Å². The van der Waals surface area contributed by atoms with Gasteiger partial charge in [-0.25, -0.2) is 13.2 Å².